The van der Waals surface area contributed by atoms with E-state index in [4.69, 9.17) is 9.47 Å². The summed E-state index contributed by atoms with van der Waals surface area (Å²) in [5.74, 6) is 0.0285. The zero-order valence-electron chi connectivity index (χ0n) is 19.5. The van der Waals surface area contributed by atoms with Crippen molar-refractivity contribution in [2.45, 2.75) is 58.0 Å². The third-order valence-electron chi connectivity index (χ3n) is 6.52. The Kier molecular flexibility index (Phi) is 6.72. The molecule has 0 spiro atoms. The Labute approximate surface area is 194 Å². The van der Waals surface area contributed by atoms with E-state index in [1.807, 2.05) is 38.1 Å². The van der Waals surface area contributed by atoms with Gasteiger partial charge in [0.2, 0.25) is 0 Å². The van der Waals surface area contributed by atoms with Crippen molar-refractivity contribution in [3.8, 4) is 11.5 Å². The van der Waals surface area contributed by atoms with Crippen LogP contribution in [0.1, 0.15) is 61.8 Å². The van der Waals surface area contributed by atoms with Crippen molar-refractivity contribution >= 4 is 17.4 Å². The zero-order chi connectivity index (χ0) is 23.5. The molecule has 1 heterocycles. The van der Waals surface area contributed by atoms with Crippen LogP contribution in [0.3, 0.4) is 0 Å². The summed E-state index contributed by atoms with van der Waals surface area (Å²) in [5, 5.41) is 11.3. The highest BCUT2D eigenvalue weighted by Crippen LogP contribution is 2.44. The van der Waals surface area contributed by atoms with E-state index < -0.39 is 17.7 Å². The highest BCUT2D eigenvalue weighted by Gasteiger charge is 2.49. The normalized spacial score (nSPS) is 20.5. The fraction of sp³-hybridized carbons (Fsp3) is 0.407. The molecule has 6 heteroatoms. The molecule has 0 bridgehead atoms. The summed E-state index contributed by atoms with van der Waals surface area (Å²) in [5.41, 5.74) is 2.23. The molecular formula is C27H31NO5. The zero-order valence-corrected chi connectivity index (χ0v) is 19.5. The summed E-state index contributed by atoms with van der Waals surface area (Å²) in [6.45, 7) is 4.55. The van der Waals surface area contributed by atoms with Gasteiger partial charge in [0.25, 0.3) is 11.7 Å². The average Bonchev–Trinajstić information content (AvgIpc) is 3.44. The first-order valence-corrected chi connectivity index (χ1v) is 11.6. The number of aliphatic hydroxyl groups is 1. The van der Waals surface area contributed by atoms with Crippen LogP contribution in [-0.4, -0.2) is 41.5 Å². The predicted molar refractivity (Wildman–Crippen MR) is 126 cm³/mol. The van der Waals surface area contributed by atoms with Crippen molar-refractivity contribution in [2.24, 2.45) is 0 Å². The number of benzene rings is 2. The number of rotatable bonds is 7. The molecule has 0 aromatic heterocycles. The number of aryl methyl sites for hydroxylation is 1. The second-order valence-corrected chi connectivity index (χ2v) is 8.75. The van der Waals surface area contributed by atoms with E-state index in [2.05, 4.69) is 0 Å². The van der Waals surface area contributed by atoms with Crippen LogP contribution in [0.15, 0.2) is 48.0 Å². The van der Waals surface area contributed by atoms with E-state index >= 15 is 0 Å². The lowest BCUT2D eigenvalue weighted by molar-refractivity contribution is -0.141. The lowest BCUT2D eigenvalue weighted by Gasteiger charge is -2.31. The minimum absolute atomic E-state index is 0.0190. The summed E-state index contributed by atoms with van der Waals surface area (Å²) in [6.07, 6.45) is 4.66. The lowest BCUT2D eigenvalue weighted by atomic mass is 9.94. The Morgan fingerprint density at radius 2 is 1.88 bits per heavy atom. The van der Waals surface area contributed by atoms with Gasteiger partial charge >= 0.3 is 0 Å². The minimum Gasteiger partial charge on any atom is -0.507 e. The smallest absolute Gasteiger partial charge is 0.295 e. The van der Waals surface area contributed by atoms with Gasteiger partial charge in [-0.2, -0.15) is 0 Å². The number of amides is 1. The number of nitrogens with zero attached hydrogens (tertiary/aromatic N) is 1. The largest absolute Gasteiger partial charge is 0.507 e. The molecular weight excluding hydrogens is 418 g/mol. The molecule has 2 aliphatic rings. The van der Waals surface area contributed by atoms with E-state index in [1.165, 1.54) is 0 Å². The number of carbonyl (C=O) groups excluding carboxylic acids is 2. The van der Waals surface area contributed by atoms with Crippen LogP contribution >= 0.6 is 0 Å². The first-order chi connectivity index (χ1) is 16.0. The van der Waals surface area contributed by atoms with Gasteiger partial charge in [-0.25, -0.2) is 0 Å². The highest BCUT2D eigenvalue weighted by atomic mass is 16.5. The Bertz CT molecular complexity index is 1080. The van der Waals surface area contributed by atoms with Crippen LogP contribution in [-0.2, 0) is 9.59 Å². The summed E-state index contributed by atoms with van der Waals surface area (Å²) in [6, 6.07) is 12.0. The van der Waals surface area contributed by atoms with Crippen LogP contribution in [0.4, 0.5) is 0 Å². The average molecular weight is 450 g/mol. The van der Waals surface area contributed by atoms with Gasteiger partial charge in [0.1, 0.15) is 17.3 Å². The topological polar surface area (TPSA) is 76.1 Å². The number of carbonyl (C=O) groups is 2. The third-order valence-corrected chi connectivity index (χ3v) is 6.52. The molecule has 33 heavy (non-hydrogen) atoms. The molecule has 2 aromatic carbocycles. The number of likely N-dealkylation sites (tertiary alicyclic amines) is 1. The summed E-state index contributed by atoms with van der Waals surface area (Å²) >= 11 is 0. The van der Waals surface area contributed by atoms with Crippen molar-refractivity contribution in [1.82, 2.24) is 4.90 Å². The molecule has 1 amide bonds. The van der Waals surface area contributed by atoms with E-state index in [1.54, 1.807) is 30.2 Å². The Morgan fingerprint density at radius 3 is 2.55 bits per heavy atom. The van der Waals surface area contributed by atoms with Gasteiger partial charge < -0.3 is 19.5 Å². The molecule has 0 radical (unpaired) electrons. The van der Waals surface area contributed by atoms with E-state index in [0.29, 0.717) is 17.9 Å². The highest BCUT2D eigenvalue weighted by molar-refractivity contribution is 6.46. The molecule has 6 nitrogen and oxygen atoms in total. The maximum atomic E-state index is 13.3. The van der Waals surface area contributed by atoms with Gasteiger partial charge in [-0.3, -0.25) is 9.59 Å². The van der Waals surface area contributed by atoms with Crippen molar-refractivity contribution in [1.29, 1.82) is 0 Å². The summed E-state index contributed by atoms with van der Waals surface area (Å²) in [4.78, 5) is 28.1. The molecule has 1 saturated carbocycles. The molecule has 2 aromatic rings. The number of hydrogen-bond donors (Lipinski definition) is 1. The van der Waals surface area contributed by atoms with Gasteiger partial charge in [0.15, 0.2) is 0 Å². The number of aliphatic hydroxyl groups excluding tert-OH is 1. The first kappa shape index (κ1) is 22.9. The fourth-order valence-electron chi connectivity index (χ4n) is 4.87. The van der Waals surface area contributed by atoms with Crippen LogP contribution in [0.25, 0.3) is 5.76 Å². The molecule has 1 aliphatic heterocycles. The van der Waals surface area contributed by atoms with Crippen molar-refractivity contribution in [3.63, 3.8) is 0 Å². The molecule has 174 valence electrons. The van der Waals surface area contributed by atoms with E-state index in [9.17, 15) is 14.7 Å². The van der Waals surface area contributed by atoms with Crippen molar-refractivity contribution in [3.05, 3.63) is 64.7 Å². The molecule has 1 unspecified atom stereocenters. The van der Waals surface area contributed by atoms with Gasteiger partial charge in [-0.1, -0.05) is 31.9 Å². The van der Waals surface area contributed by atoms with E-state index in [0.717, 1.165) is 49.0 Å². The molecule has 1 N–H and O–H groups in total. The van der Waals surface area contributed by atoms with Crippen LogP contribution in [0, 0.1) is 6.92 Å². The van der Waals surface area contributed by atoms with Gasteiger partial charge in [-0.05, 0) is 67.6 Å². The number of ketones is 1. The number of methoxy groups -OCH3 is 1. The van der Waals surface area contributed by atoms with Gasteiger partial charge in [-0.15, -0.1) is 0 Å². The lowest BCUT2D eigenvalue weighted by Crippen LogP contribution is -2.37. The maximum absolute atomic E-state index is 13.3. The predicted octanol–water partition coefficient (Wildman–Crippen LogP) is 5.16. The van der Waals surface area contributed by atoms with Gasteiger partial charge in [0, 0.05) is 11.6 Å². The Morgan fingerprint density at radius 1 is 1.12 bits per heavy atom. The summed E-state index contributed by atoms with van der Waals surface area (Å²) < 4.78 is 11.1. The quantitative estimate of drug-likeness (QED) is 0.359. The van der Waals surface area contributed by atoms with Crippen molar-refractivity contribution < 1.29 is 24.2 Å². The maximum Gasteiger partial charge on any atom is 0.295 e. The Hall–Kier alpha value is -3.28. The second kappa shape index (κ2) is 9.69. The number of ether oxygens (including phenoxy) is 2. The molecule has 2 fully saturated rings. The first-order valence-electron chi connectivity index (χ1n) is 11.6. The third kappa shape index (κ3) is 4.34. The van der Waals surface area contributed by atoms with Crippen molar-refractivity contribution in [2.75, 3.05) is 13.7 Å². The standard InChI is InChI=1S/C27H31NO5/c1-4-14-33-22-13-12-19(15-17(22)2)25(29)23-24(18-8-7-11-21(16-18)32-3)28(27(31)26(23)30)20-9-5-6-10-20/h7-8,11-13,15-16,20,24,29H,4-6,9-10,14H2,1-3H3/b25-23-. The molecule has 1 aliphatic carbocycles. The molecule has 1 saturated heterocycles. The van der Waals surface area contributed by atoms with Crippen LogP contribution in [0.2, 0.25) is 0 Å². The monoisotopic (exact) mass is 449 g/mol. The minimum atomic E-state index is -0.653. The number of Topliss-reactive ketones (excluding diaryl/α,β-unsaturated/α-hetero) is 1. The van der Waals surface area contributed by atoms with Gasteiger partial charge in [0.05, 0.1) is 25.3 Å². The molecule has 1 atom stereocenters. The number of hydrogen-bond acceptors (Lipinski definition) is 5. The van der Waals surface area contributed by atoms with E-state index in [-0.39, 0.29) is 17.4 Å². The van der Waals surface area contributed by atoms with Crippen LogP contribution < -0.4 is 9.47 Å². The Balaban J connectivity index is 1.83. The SMILES string of the molecule is CCCOc1ccc(/C(O)=C2/C(=O)C(=O)N(C3CCCC3)C2c2cccc(OC)c2)cc1C. The fourth-order valence-corrected chi connectivity index (χ4v) is 4.87. The molecule has 4 rings (SSSR count). The van der Waals surface area contributed by atoms with Crippen LogP contribution in [0.5, 0.6) is 11.5 Å². The second-order valence-electron chi connectivity index (χ2n) is 8.75. The summed E-state index contributed by atoms with van der Waals surface area (Å²) in [7, 11) is 1.58.